The van der Waals surface area contributed by atoms with E-state index in [-0.39, 0.29) is 23.6 Å². The first kappa shape index (κ1) is 31.3. The van der Waals surface area contributed by atoms with Gasteiger partial charge in [-0.05, 0) is 51.8 Å². The van der Waals surface area contributed by atoms with Crippen LogP contribution in [-0.4, -0.2) is 94.2 Å². The highest BCUT2D eigenvalue weighted by molar-refractivity contribution is 6.00. The number of carbonyl (C=O) groups is 5. The number of hydrogen-bond acceptors (Lipinski definition) is 8. The number of carbonyl (C=O) groups excluding carboxylic acids is 4. The Kier molecular flexibility index (Phi) is 13.6. The quantitative estimate of drug-likeness (QED) is 0.131. The van der Waals surface area contributed by atoms with Crippen LogP contribution in [0.3, 0.4) is 0 Å². The molecule has 0 unspecified atom stereocenters. The van der Waals surface area contributed by atoms with Gasteiger partial charge in [0.05, 0.1) is 18.6 Å². The Labute approximate surface area is 215 Å². The zero-order chi connectivity index (χ0) is 28.0. The topological polar surface area (TPSA) is 211 Å². The number of hydrogen-bond donors (Lipinski definition) is 7. The Morgan fingerprint density at radius 1 is 0.919 bits per heavy atom. The van der Waals surface area contributed by atoms with E-state index in [0.29, 0.717) is 32.5 Å². The summed E-state index contributed by atoms with van der Waals surface area (Å²) in [7, 11) is 0. The van der Waals surface area contributed by atoms with Gasteiger partial charge in [0.15, 0.2) is 0 Å². The molecule has 0 bridgehead atoms. The average molecular weight is 524 g/mol. The predicted molar refractivity (Wildman–Crippen MR) is 133 cm³/mol. The first-order valence-electron chi connectivity index (χ1n) is 12.1. The average Bonchev–Trinajstić information content (AvgIpc) is 2.86. The molecule has 206 valence electrons. The maximum absolute atomic E-state index is 13.0. The van der Waals surface area contributed by atoms with Crippen molar-refractivity contribution in [3.8, 4) is 5.75 Å². The van der Waals surface area contributed by atoms with Crippen LogP contribution in [0.2, 0.25) is 0 Å². The second-order valence-corrected chi connectivity index (χ2v) is 8.24. The van der Waals surface area contributed by atoms with Crippen LogP contribution in [0.4, 0.5) is 0 Å². The van der Waals surface area contributed by atoms with E-state index in [0.717, 1.165) is 0 Å². The van der Waals surface area contributed by atoms with E-state index < -0.39 is 54.8 Å². The number of benzene rings is 1. The predicted octanol–water partition coefficient (Wildman–Crippen LogP) is -1.08. The number of aromatic hydroxyl groups is 1. The summed E-state index contributed by atoms with van der Waals surface area (Å²) in [5, 5.41) is 35.7. The standard InChI is InChI=1S/C24H37N5O8/c1-3-29(4-2)24(37)16(10-7-8-12-25)26-22(35)17(13-20(32)33)27-23(36)18(14-30)28-21(34)15-9-5-6-11-19(15)31/h5-6,9,11,16-18,30-31H,3-4,7-8,10,12-14,25H2,1-2H3,(H,26,35)(H,27,36)(H,28,34)(H,32,33)/t16-,17-,18-/m0/s1. The second-order valence-electron chi connectivity index (χ2n) is 8.24. The van der Waals surface area contributed by atoms with E-state index in [4.69, 9.17) is 5.73 Å². The van der Waals surface area contributed by atoms with Gasteiger partial charge in [-0.1, -0.05) is 12.1 Å². The van der Waals surface area contributed by atoms with Gasteiger partial charge in [-0.3, -0.25) is 24.0 Å². The Hall–Kier alpha value is -3.71. The maximum Gasteiger partial charge on any atom is 0.305 e. The molecular formula is C24H37N5O8. The third-order valence-corrected chi connectivity index (χ3v) is 5.60. The molecule has 0 aliphatic rings. The number of likely N-dealkylation sites (N-methyl/N-ethyl adjacent to an activating group) is 1. The number of carboxylic acid groups (broad SMARTS) is 1. The number of nitrogens with one attached hydrogen (secondary N) is 3. The molecule has 4 amide bonds. The van der Waals surface area contributed by atoms with Gasteiger partial charge < -0.3 is 41.9 Å². The monoisotopic (exact) mass is 523 g/mol. The molecule has 0 saturated heterocycles. The van der Waals surface area contributed by atoms with Crippen molar-refractivity contribution in [2.45, 2.75) is 57.7 Å². The number of nitrogens with two attached hydrogens (primary N) is 1. The van der Waals surface area contributed by atoms with E-state index >= 15 is 0 Å². The third-order valence-electron chi connectivity index (χ3n) is 5.60. The fourth-order valence-electron chi connectivity index (χ4n) is 3.53. The number of aliphatic hydroxyl groups is 1. The number of phenolic OH excluding ortho intramolecular Hbond substituents is 1. The van der Waals surface area contributed by atoms with E-state index in [1.807, 2.05) is 0 Å². The number of nitrogens with zero attached hydrogens (tertiary/aromatic N) is 1. The van der Waals surface area contributed by atoms with Gasteiger partial charge in [-0.25, -0.2) is 0 Å². The molecule has 0 fully saturated rings. The van der Waals surface area contributed by atoms with Gasteiger partial charge in [0, 0.05) is 13.1 Å². The number of aliphatic hydroxyl groups excluding tert-OH is 1. The summed E-state index contributed by atoms with van der Waals surface area (Å²) in [6, 6.07) is 1.44. The first-order valence-corrected chi connectivity index (χ1v) is 12.1. The highest BCUT2D eigenvalue weighted by Crippen LogP contribution is 2.15. The zero-order valence-corrected chi connectivity index (χ0v) is 21.1. The minimum atomic E-state index is -1.59. The smallest absolute Gasteiger partial charge is 0.305 e. The largest absolute Gasteiger partial charge is 0.507 e. The summed E-state index contributed by atoms with van der Waals surface area (Å²) >= 11 is 0. The molecule has 1 rings (SSSR count). The van der Waals surface area contributed by atoms with Crippen molar-refractivity contribution in [2.75, 3.05) is 26.2 Å². The van der Waals surface area contributed by atoms with Gasteiger partial charge in [0.1, 0.15) is 23.9 Å². The molecule has 13 nitrogen and oxygen atoms in total. The minimum Gasteiger partial charge on any atom is -0.507 e. The van der Waals surface area contributed by atoms with Crippen LogP contribution in [0, 0.1) is 0 Å². The van der Waals surface area contributed by atoms with Crippen molar-refractivity contribution in [3.63, 3.8) is 0 Å². The number of amides is 4. The summed E-state index contributed by atoms with van der Waals surface area (Å²) in [6.07, 6.45) is 0.609. The lowest BCUT2D eigenvalue weighted by atomic mass is 10.1. The second kappa shape index (κ2) is 16.1. The van der Waals surface area contributed by atoms with Gasteiger partial charge in [-0.2, -0.15) is 0 Å². The summed E-state index contributed by atoms with van der Waals surface area (Å²) in [6.45, 7) is 3.91. The van der Waals surface area contributed by atoms with E-state index in [1.54, 1.807) is 13.8 Å². The molecule has 1 aromatic rings. The van der Waals surface area contributed by atoms with Crippen molar-refractivity contribution in [1.82, 2.24) is 20.9 Å². The van der Waals surface area contributed by atoms with Gasteiger partial charge in [0.2, 0.25) is 17.7 Å². The SMILES string of the molecule is CCN(CC)C(=O)[C@H](CCCCN)NC(=O)[C@H](CC(=O)O)NC(=O)[C@H](CO)NC(=O)c1ccccc1O. The van der Waals surface area contributed by atoms with Crippen LogP contribution in [0.15, 0.2) is 24.3 Å². The Bertz CT molecular complexity index is 937. The highest BCUT2D eigenvalue weighted by atomic mass is 16.4. The van der Waals surface area contributed by atoms with Gasteiger partial charge in [-0.15, -0.1) is 0 Å². The Morgan fingerprint density at radius 3 is 2.05 bits per heavy atom. The van der Waals surface area contributed by atoms with Crippen molar-refractivity contribution in [1.29, 1.82) is 0 Å². The Balaban J connectivity index is 3.02. The molecular weight excluding hydrogens is 486 g/mol. The van der Waals surface area contributed by atoms with Crippen LogP contribution >= 0.6 is 0 Å². The fraction of sp³-hybridized carbons (Fsp3) is 0.542. The lowest BCUT2D eigenvalue weighted by Gasteiger charge is -2.28. The number of phenols is 1. The molecule has 0 spiro atoms. The van der Waals surface area contributed by atoms with Crippen molar-refractivity contribution < 1.29 is 39.3 Å². The number of aliphatic carboxylic acids is 1. The third kappa shape index (κ3) is 10.1. The summed E-state index contributed by atoms with van der Waals surface area (Å²) in [4.78, 5) is 64.0. The number of para-hydroxylation sites is 1. The van der Waals surface area contributed by atoms with Gasteiger partial charge in [0.25, 0.3) is 5.91 Å². The van der Waals surface area contributed by atoms with Crippen LogP contribution in [-0.2, 0) is 19.2 Å². The van der Waals surface area contributed by atoms with E-state index in [2.05, 4.69) is 16.0 Å². The van der Waals surface area contributed by atoms with Crippen LogP contribution in [0.5, 0.6) is 5.75 Å². The molecule has 37 heavy (non-hydrogen) atoms. The maximum atomic E-state index is 13.0. The van der Waals surface area contributed by atoms with Crippen LogP contribution < -0.4 is 21.7 Å². The van der Waals surface area contributed by atoms with Crippen molar-refractivity contribution in [3.05, 3.63) is 29.8 Å². The summed E-state index contributed by atoms with van der Waals surface area (Å²) in [5.41, 5.74) is 5.37. The summed E-state index contributed by atoms with van der Waals surface area (Å²) < 4.78 is 0. The number of unbranched alkanes of at least 4 members (excludes halogenated alkanes) is 1. The molecule has 3 atom stereocenters. The van der Waals surface area contributed by atoms with Gasteiger partial charge >= 0.3 is 5.97 Å². The normalized spacial score (nSPS) is 13.1. The lowest BCUT2D eigenvalue weighted by molar-refractivity contribution is -0.141. The molecule has 0 aliphatic carbocycles. The van der Waals surface area contributed by atoms with Crippen LogP contribution in [0.25, 0.3) is 0 Å². The molecule has 0 saturated carbocycles. The van der Waals surface area contributed by atoms with Crippen LogP contribution in [0.1, 0.15) is 49.9 Å². The van der Waals surface area contributed by atoms with Crippen molar-refractivity contribution in [2.24, 2.45) is 5.73 Å². The summed E-state index contributed by atoms with van der Waals surface area (Å²) in [5.74, 6) is -4.89. The molecule has 0 aliphatic heterocycles. The molecule has 0 heterocycles. The molecule has 0 aromatic heterocycles. The van der Waals surface area contributed by atoms with Crippen molar-refractivity contribution >= 4 is 29.6 Å². The zero-order valence-electron chi connectivity index (χ0n) is 21.1. The molecule has 13 heteroatoms. The molecule has 8 N–H and O–H groups in total. The van der Waals surface area contributed by atoms with E-state index in [1.165, 1.54) is 29.2 Å². The number of rotatable bonds is 16. The lowest BCUT2D eigenvalue weighted by Crippen LogP contribution is -2.58. The highest BCUT2D eigenvalue weighted by Gasteiger charge is 2.32. The fourth-order valence-corrected chi connectivity index (χ4v) is 3.53. The van der Waals surface area contributed by atoms with E-state index in [9.17, 15) is 39.3 Å². The Morgan fingerprint density at radius 2 is 1.51 bits per heavy atom. The minimum absolute atomic E-state index is 0.149. The first-order chi connectivity index (χ1) is 17.6. The number of carboxylic acids is 1. The molecule has 1 aromatic carbocycles. The molecule has 0 radical (unpaired) electrons.